The minimum absolute atomic E-state index is 0.0736. The van der Waals surface area contributed by atoms with E-state index in [0.29, 0.717) is 5.56 Å². The molecule has 0 unspecified atom stereocenters. The van der Waals surface area contributed by atoms with Gasteiger partial charge in [0, 0.05) is 11.3 Å². The number of hydrogen-bond acceptors (Lipinski definition) is 3. The normalized spacial score (nSPS) is 11.4. The number of nitriles is 2. The largest absolute Gasteiger partial charge is 0.446 e. The third-order valence-electron chi connectivity index (χ3n) is 2.58. The molecule has 0 fully saturated rings. The maximum absolute atomic E-state index is 12.2. The molecule has 0 aliphatic carbocycles. The van der Waals surface area contributed by atoms with Gasteiger partial charge in [-0.15, -0.1) is 6.58 Å². The Morgan fingerprint density at radius 1 is 1.15 bits per heavy atom. The molecule has 104 valence electrons. The molecule has 0 bridgehead atoms. The second-order valence-corrected chi connectivity index (χ2v) is 5.31. The number of benzene rings is 1. The van der Waals surface area contributed by atoms with Crippen LogP contribution in [0.15, 0.2) is 41.8 Å². The molecule has 0 saturated heterocycles. The quantitative estimate of drug-likeness (QED) is 0.595. The average molecular weight is 296 g/mol. The molecule has 0 spiro atoms. The first-order chi connectivity index (χ1) is 9.34. The number of thioether (sulfide) groups is 1. The Morgan fingerprint density at radius 3 is 2.10 bits per heavy atom. The lowest BCUT2D eigenvalue weighted by Gasteiger charge is -2.16. The molecule has 0 radical (unpaired) electrons. The van der Waals surface area contributed by atoms with E-state index in [4.69, 9.17) is 10.5 Å². The fourth-order valence-electron chi connectivity index (χ4n) is 1.67. The Morgan fingerprint density at radius 2 is 1.70 bits per heavy atom. The lowest BCUT2D eigenvalue weighted by atomic mass is 9.81. The second kappa shape index (κ2) is 6.49. The SMILES string of the molecule is C=CCC(C#N)(C#N)Cc1ccc(SC(F)(F)F)cc1. The summed E-state index contributed by atoms with van der Waals surface area (Å²) in [5.74, 6) is 0. The van der Waals surface area contributed by atoms with Gasteiger partial charge in [0.15, 0.2) is 5.41 Å². The van der Waals surface area contributed by atoms with Gasteiger partial charge in [0.2, 0.25) is 0 Å². The van der Waals surface area contributed by atoms with Crippen molar-refractivity contribution in [3.8, 4) is 12.1 Å². The zero-order valence-corrected chi connectivity index (χ0v) is 11.3. The molecule has 1 aromatic rings. The molecular formula is C14H11F3N2S. The molecule has 0 atom stereocenters. The Kier molecular flexibility index (Phi) is 5.24. The molecule has 20 heavy (non-hydrogen) atoms. The minimum Gasteiger partial charge on any atom is -0.197 e. The Labute approximate surface area is 119 Å². The second-order valence-electron chi connectivity index (χ2n) is 4.17. The van der Waals surface area contributed by atoms with Crippen LogP contribution in [0.5, 0.6) is 0 Å². The van der Waals surface area contributed by atoms with Crippen LogP contribution in [-0.2, 0) is 6.42 Å². The van der Waals surface area contributed by atoms with E-state index >= 15 is 0 Å². The van der Waals surface area contributed by atoms with Crippen LogP contribution in [0.2, 0.25) is 0 Å². The van der Waals surface area contributed by atoms with Crippen LogP contribution in [0.4, 0.5) is 13.2 Å². The number of halogens is 3. The van der Waals surface area contributed by atoms with Crippen LogP contribution >= 0.6 is 11.8 Å². The van der Waals surface area contributed by atoms with E-state index in [1.165, 1.54) is 30.3 Å². The maximum Gasteiger partial charge on any atom is 0.446 e. The maximum atomic E-state index is 12.2. The van der Waals surface area contributed by atoms with E-state index in [1.54, 1.807) is 0 Å². The van der Waals surface area contributed by atoms with Crippen LogP contribution < -0.4 is 0 Å². The van der Waals surface area contributed by atoms with Gasteiger partial charge in [-0.1, -0.05) is 18.2 Å². The number of nitrogens with zero attached hydrogens (tertiary/aromatic N) is 2. The van der Waals surface area contributed by atoms with Gasteiger partial charge < -0.3 is 0 Å². The van der Waals surface area contributed by atoms with E-state index < -0.39 is 10.9 Å². The average Bonchev–Trinajstić information content (AvgIpc) is 2.39. The van der Waals surface area contributed by atoms with Gasteiger partial charge >= 0.3 is 5.51 Å². The molecular weight excluding hydrogens is 285 g/mol. The molecule has 6 heteroatoms. The van der Waals surface area contributed by atoms with Crippen molar-refractivity contribution in [2.75, 3.05) is 0 Å². The number of allylic oxidation sites excluding steroid dienone is 1. The van der Waals surface area contributed by atoms with Crippen molar-refractivity contribution in [2.45, 2.75) is 23.2 Å². The molecule has 0 aliphatic rings. The smallest absolute Gasteiger partial charge is 0.197 e. The fourth-order valence-corrected chi connectivity index (χ4v) is 2.21. The standard InChI is InChI=1S/C14H11F3N2S/c1-2-7-13(9-18,10-19)8-11-3-5-12(6-4-11)20-14(15,16)17/h2-6H,1,7-8H2. The summed E-state index contributed by atoms with van der Waals surface area (Å²) in [6, 6.07) is 9.57. The lowest BCUT2D eigenvalue weighted by Crippen LogP contribution is -2.18. The van der Waals surface area contributed by atoms with Gasteiger partial charge in [0.05, 0.1) is 12.1 Å². The van der Waals surface area contributed by atoms with E-state index in [0.717, 1.165) is 0 Å². The number of hydrogen-bond donors (Lipinski definition) is 0. The van der Waals surface area contributed by atoms with E-state index in [2.05, 4.69) is 6.58 Å². The van der Waals surface area contributed by atoms with Crippen molar-refractivity contribution in [3.63, 3.8) is 0 Å². The number of rotatable bonds is 5. The highest BCUT2D eigenvalue weighted by Gasteiger charge is 2.30. The van der Waals surface area contributed by atoms with Gasteiger partial charge in [-0.3, -0.25) is 0 Å². The molecule has 1 aromatic carbocycles. The van der Waals surface area contributed by atoms with Gasteiger partial charge in [0.25, 0.3) is 0 Å². The summed E-state index contributed by atoms with van der Waals surface area (Å²) < 4.78 is 36.6. The van der Waals surface area contributed by atoms with E-state index in [9.17, 15) is 13.2 Å². The third-order valence-corrected chi connectivity index (χ3v) is 3.32. The lowest BCUT2D eigenvalue weighted by molar-refractivity contribution is -0.0328. The van der Waals surface area contributed by atoms with E-state index in [1.807, 2.05) is 12.1 Å². The fraction of sp³-hybridized carbons (Fsp3) is 0.286. The van der Waals surface area contributed by atoms with Crippen LogP contribution in [0.25, 0.3) is 0 Å². The predicted molar refractivity (Wildman–Crippen MR) is 70.5 cm³/mol. The number of alkyl halides is 3. The highest BCUT2D eigenvalue weighted by atomic mass is 32.2. The van der Waals surface area contributed by atoms with Crippen molar-refractivity contribution < 1.29 is 13.2 Å². The van der Waals surface area contributed by atoms with E-state index in [-0.39, 0.29) is 29.5 Å². The summed E-state index contributed by atoms with van der Waals surface area (Å²) in [7, 11) is 0. The topological polar surface area (TPSA) is 47.6 Å². The monoisotopic (exact) mass is 296 g/mol. The molecule has 0 heterocycles. The van der Waals surface area contributed by atoms with Crippen molar-refractivity contribution >= 4 is 11.8 Å². The zero-order chi connectivity index (χ0) is 15.2. The van der Waals surface area contributed by atoms with Crippen molar-refractivity contribution in [3.05, 3.63) is 42.5 Å². The highest BCUT2D eigenvalue weighted by Crippen LogP contribution is 2.37. The van der Waals surface area contributed by atoms with Crippen molar-refractivity contribution in [1.29, 1.82) is 10.5 Å². The molecule has 2 nitrogen and oxygen atoms in total. The summed E-state index contributed by atoms with van der Waals surface area (Å²) in [5, 5.41) is 18.2. The molecule has 0 amide bonds. The molecule has 0 aliphatic heterocycles. The Hall–Kier alpha value is -1.92. The van der Waals surface area contributed by atoms with Crippen LogP contribution in [0, 0.1) is 28.1 Å². The summed E-state index contributed by atoms with van der Waals surface area (Å²) in [4.78, 5) is 0.0736. The molecule has 0 saturated carbocycles. The van der Waals surface area contributed by atoms with Crippen LogP contribution in [-0.4, -0.2) is 5.51 Å². The van der Waals surface area contributed by atoms with Gasteiger partial charge in [-0.25, -0.2) is 0 Å². The first kappa shape index (κ1) is 16.1. The molecule has 0 aromatic heterocycles. The molecule has 1 rings (SSSR count). The summed E-state index contributed by atoms with van der Waals surface area (Å²) in [6.45, 7) is 3.51. The Balaban J connectivity index is 2.87. The summed E-state index contributed by atoms with van der Waals surface area (Å²) >= 11 is -0.197. The zero-order valence-electron chi connectivity index (χ0n) is 10.4. The van der Waals surface area contributed by atoms with Crippen molar-refractivity contribution in [1.82, 2.24) is 0 Å². The first-order valence-corrected chi connectivity index (χ1v) is 6.44. The summed E-state index contributed by atoms with van der Waals surface area (Å²) in [5.41, 5.74) is -4.91. The molecule has 0 N–H and O–H groups in total. The minimum atomic E-state index is -4.33. The van der Waals surface area contributed by atoms with Gasteiger partial charge in [-0.05, 0) is 35.9 Å². The van der Waals surface area contributed by atoms with Gasteiger partial charge in [0.1, 0.15) is 0 Å². The Bertz CT molecular complexity index is 536. The third kappa shape index (κ3) is 4.64. The van der Waals surface area contributed by atoms with Crippen molar-refractivity contribution in [2.24, 2.45) is 5.41 Å². The van der Waals surface area contributed by atoms with Gasteiger partial charge in [-0.2, -0.15) is 23.7 Å². The highest BCUT2D eigenvalue weighted by molar-refractivity contribution is 8.00. The predicted octanol–water partition coefficient (Wildman–Crippen LogP) is 4.45. The van der Waals surface area contributed by atoms with Crippen LogP contribution in [0.1, 0.15) is 12.0 Å². The first-order valence-electron chi connectivity index (χ1n) is 5.62. The summed E-state index contributed by atoms with van der Waals surface area (Å²) in [6.07, 6.45) is 1.85. The van der Waals surface area contributed by atoms with Crippen LogP contribution in [0.3, 0.4) is 0 Å².